The first kappa shape index (κ1) is 24.2. The van der Waals surface area contributed by atoms with Gasteiger partial charge in [0.1, 0.15) is 30.0 Å². The van der Waals surface area contributed by atoms with E-state index in [9.17, 15) is 4.79 Å². The van der Waals surface area contributed by atoms with E-state index in [4.69, 9.17) is 24.1 Å². The summed E-state index contributed by atoms with van der Waals surface area (Å²) in [5.41, 5.74) is 7.99. The lowest BCUT2D eigenvalue weighted by Crippen LogP contribution is -2.15. The lowest BCUT2D eigenvalue weighted by molar-refractivity contribution is -0.137. The summed E-state index contributed by atoms with van der Waals surface area (Å²) in [6, 6.07) is 16.2. The van der Waals surface area contributed by atoms with Crippen LogP contribution in [0.3, 0.4) is 0 Å². The number of carboxylic acids is 1. The highest BCUT2D eigenvalue weighted by Crippen LogP contribution is 2.39. The predicted octanol–water partition coefficient (Wildman–Crippen LogP) is 5.98. The largest absolute Gasteiger partial charge is 0.492 e. The van der Waals surface area contributed by atoms with Crippen molar-refractivity contribution in [3.63, 3.8) is 0 Å². The van der Waals surface area contributed by atoms with E-state index in [0.29, 0.717) is 31.3 Å². The Balaban J connectivity index is 1.32. The number of carboxylic acid groups (broad SMARTS) is 1. The molecule has 5 rings (SSSR count). The van der Waals surface area contributed by atoms with Crippen LogP contribution in [0.4, 0.5) is 0 Å². The monoisotopic (exact) mass is 488 g/mol. The van der Waals surface area contributed by atoms with E-state index < -0.39 is 5.97 Å². The van der Waals surface area contributed by atoms with Gasteiger partial charge >= 0.3 is 5.97 Å². The lowest BCUT2D eigenvalue weighted by atomic mass is 9.90. The predicted molar refractivity (Wildman–Crippen MR) is 137 cm³/mol. The van der Waals surface area contributed by atoms with Gasteiger partial charge in [0.25, 0.3) is 0 Å². The molecule has 0 amide bonds. The van der Waals surface area contributed by atoms with Crippen LogP contribution >= 0.6 is 0 Å². The summed E-state index contributed by atoms with van der Waals surface area (Å²) in [5.74, 6) is 1.38. The maximum Gasteiger partial charge on any atom is 0.304 e. The molecule has 1 N–H and O–H groups in total. The van der Waals surface area contributed by atoms with Gasteiger partial charge in [0.2, 0.25) is 0 Å². The van der Waals surface area contributed by atoms with Crippen LogP contribution in [0.25, 0.3) is 11.1 Å². The van der Waals surface area contributed by atoms with Crippen LogP contribution in [-0.4, -0.2) is 37.0 Å². The minimum Gasteiger partial charge on any atom is -0.492 e. The molecule has 0 aliphatic carbocycles. The Bertz CT molecular complexity index is 1250. The summed E-state index contributed by atoms with van der Waals surface area (Å²) in [7, 11) is 0. The summed E-state index contributed by atoms with van der Waals surface area (Å²) in [6.07, 6.45) is 1.13. The smallest absolute Gasteiger partial charge is 0.304 e. The molecule has 3 aromatic carbocycles. The average molecular weight is 489 g/mol. The number of hydrogen-bond donors (Lipinski definition) is 1. The molecule has 188 valence electrons. The van der Waals surface area contributed by atoms with Gasteiger partial charge in [-0.05, 0) is 72.4 Å². The van der Waals surface area contributed by atoms with E-state index in [1.54, 1.807) is 0 Å². The standard InChI is InChI=1S/C30H32O6/c1-18-11-25(36-24-9-10-33-17-24)12-19(2)30(18)26-6-4-5-21(20(26)3)15-34-23-7-8-27-22(13-29(31)32)16-35-28(27)14-23/h4-8,11-12,14,22,24H,9-10,13,15-17H2,1-3H3,(H,31,32). The Hall–Kier alpha value is -3.51. The summed E-state index contributed by atoms with van der Waals surface area (Å²) in [4.78, 5) is 11.1. The van der Waals surface area contributed by atoms with Crippen LogP contribution < -0.4 is 14.2 Å². The van der Waals surface area contributed by atoms with Crippen molar-refractivity contribution in [3.05, 3.63) is 76.3 Å². The molecule has 0 radical (unpaired) electrons. The lowest BCUT2D eigenvalue weighted by Gasteiger charge is -2.19. The van der Waals surface area contributed by atoms with Crippen molar-refractivity contribution in [1.29, 1.82) is 0 Å². The number of rotatable bonds is 8. The molecule has 2 aliphatic rings. The molecule has 0 spiro atoms. The zero-order valence-electron chi connectivity index (χ0n) is 21.0. The van der Waals surface area contributed by atoms with E-state index in [1.807, 2.05) is 18.2 Å². The second-order valence-corrected chi connectivity index (χ2v) is 9.72. The molecule has 3 aromatic rings. The third-order valence-corrected chi connectivity index (χ3v) is 7.09. The molecule has 2 aliphatic heterocycles. The SMILES string of the molecule is Cc1cc(OC2CCOC2)cc(C)c1-c1cccc(COc2ccc3c(c2)OCC3CC(=O)O)c1C. The molecule has 0 aromatic heterocycles. The maximum atomic E-state index is 11.1. The van der Waals surface area contributed by atoms with Gasteiger partial charge in [-0.25, -0.2) is 0 Å². The molecule has 1 saturated heterocycles. The van der Waals surface area contributed by atoms with Gasteiger partial charge in [0, 0.05) is 24.0 Å². The molecule has 1 fully saturated rings. The number of fused-ring (bicyclic) bond motifs is 1. The molecular weight excluding hydrogens is 456 g/mol. The summed E-state index contributed by atoms with van der Waals surface area (Å²) in [5, 5.41) is 9.11. The van der Waals surface area contributed by atoms with Crippen molar-refractivity contribution in [2.75, 3.05) is 19.8 Å². The summed E-state index contributed by atoms with van der Waals surface area (Å²) >= 11 is 0. The fraction of sp³-hybridized carbons (Fsp3) is 0.367. The summed E-state index contributed by atoms with van der Waals surface area (Å²) < 4.78 is 23.4. The highest BCUT2D eigenvalue weighted by atomic mass is 16.5. The van der Waals surface area contributed by atoms with Gasteiger partial charge < -0.3 is 24.1 Å². The third-order valence-electron chi connectivity index (χ3n) is 7.09. The third kappa shape index (κ3) is 5.05. The van der Waals surface area contributed by atoms with E-state index in [0.717, 1.165) is 29.9 Å². The summed E-state index contributed by atoms with van der Waals surface area (Å²) in [6.45, 7) is 8.63. The zero-order chi connectivity index (χ0) is 25.2. The molecule has 6 heteroatoms. The van der Waals surface area contributed by atoms with Crippen molar-refractivity contribution < 1.29 is 28.8 Å². The first-order chi connectivity index (χ1) is 17.4. The average Bonchev–Trinajstić information content (AvgIpc) is 3.48. The van der Waals surface area contributed by atoms with Gasteiger partial charge in [-0.3, -0.25) is 4.79 Å². The Morgan fingerprint density at radius 3 is 2.56 bits per heavy atom. The molecular formula is C30H32O6. The fourth-order valence-electron chi connectivity index (χ4n) is 5.21. The highest BCUT2D eigenvalue weighted by molar-refractivity contribution is 5.75. The van der Waals surface area contributed by atoms with Crippen LogP contribution in [0, 0.1) is 20.8 Å². The molecule has 2 atom stereocenters. The van der Waals surface area contributed by atoms with Crippen molar-refractivity contribution in [1.82, 2.24) is 0 Å². The van der Waals surface area contributed by atoms with Crippen LogP contribution in [0.2, 0.25) is 0 Å². The molecule has 0 bridgehead atoms. The van der Waals surface area contributed by atoms with Crippen molar-refractivity contribution in [3.8, 4) is 28.4 Å². The van der Waals surface area contributed by atoms with E-state index in [2.05, 4.69) is 51.1 Å². The molecule has 2 heterocycles. The fourth-order valence-corrected chi connectivity index (χ4v) is 5.21. The van der Waals surface area contributed by atoms with Crippen molar-refractivity contribution in [2.45, 2.75) is 52.2 Å². The highest BCUT2D eigenvalue weighted by Gasteiger charge is 2.26. The number of aryl methyl sites for hydroxylation is 2. The quantitative estimate of drug-likeness (QED) is 0.421. The molecule has 6 nitrogen and oxygen atoms in total. The first-order valence-electron chi connectivity index (χ1n) is 12.4. The number of ether oxygens (including phenoxy) is 4. The van der Waals surface area contributed by atoms with Crippen LogP contribution in [0.5, 0.6) is 17.2 Å². The number of benzene rings is 3. The minimum atomic E-state index is -0.816. The van der Waals surface area contributed by atoms with Gasteiger partial charge in [-0.2, -0.15) is 0 Å². The second-order valence-electron chi connectivity index (χ2n) is 9.72. The Morgan fingerprint density at radius 1 is 1.03 bits per heavy atom. The number of carbonyl (C=O) groups is 1. The van der Waals surface area contributed by atoms with E-state index >= 15 is 0 Å². The van der Waals surface area contributed by atoms with Crippen molar-refractivity contribution in [2.24, 2.45) is 0 Å². The van der Waals surface area contributed by atoms with Gasteiger partial charge in [0.05, 0.1) is 26.2 Å². The maximum absolute atomic E-state index is 11.1. The topological polar surface area (TPSA) is 74.2 Å². The van der Waals surface area contributed by atoms with Gasteiger partial charge in [0.15, 0.2) is 0 Å². The van der Waals surface area contributed by atoms with Crippen LogP contribution in [-0.2, 0) is 16.1 Å². The zero-order valence-corrected chi connectivity index (χ0v) is 21.0. The molecule has 36 heavy (non-hydrogen) atoms. The van der Waals surface area contributed by atoms with E-state index in [-0.39, 0.29) is 18.4 Å². The van der Waals surface area contributed by atoms with E-state index in [1.165, 1.54) is 27.8 Å². The van der Waals surface area contributed by atoms with Crippen LogP contribution in [0.15, 0.2) is 48.5 Å². The molecule has 0 saturated carbocycles. The van der Waals surface area contributed by atoms with Crippen LogP contribution in [0.1, 0.15) is 46.6 Å². The second kappa shape index (κ2) is 10.2. The minimum absolute atomic E-state index is 0.0696. The Morgan fingerprint density at radius 2 is 1.83 bits per heavy atom. The Kier molecular flexibility index (Phi) is 6.88. The van der Waals surface area contributed by atoms with Crippen molar-refractivity contribution >= 4 is 5.97 Å². The normalized spacial score (nSPS) is 18.5. The Labute approximate surface area is 211 Å². The van der Waals surface area contributed by atoms with Gasteiger partial charge in [-0.15, -0.1) is 0 Å². The first-order valence-corrected chi connectivity index (χ1v) is 12.4. The number of hydrogen-bond acceptors (Lipinski definition) is 5. The molecule has 2 unspecified atom stereocenters. The van der Waals surface area contributed by atoms with Gasteiger partial charge in [-0.1, -0.05) is 24.3 Å². The number of aliphatic carboxylic acids is 1.